The maximum Gasteiger partial charge on any atom is 0.164 e. The van der Waals surface area contributed by atoms with Crippen LogP contribution in [-0.2, 0) is 0 Å². The fraction of sp³-hybridized carbons (Fsp3) is 0. The van der Waals surface area contributed by atoms with Crippen LogP contribution in [0.3, 0.4) is 0 Å². The van der Waals surface area contributed by atoms with E-state index in [2.05, 4.69) is 84.9 Å². The third-order valence-electron chi connectivity index (χ3n) is 9.39. The van der Waals surface area contributed by atoms with E-state index in [1.165, 1.54) is 0 Å². The summed E-state index contributed by atoms with van der Waals surface area (Å²) in [5, 5.41) is 4.30. The molecule has 3 aromatic heterocycles. The van der Waals surface area contributed by atoms with Crippen LogP contribution in [0, 0.1) is 0 Å². The molecular formula is C45H27N3O2. The van der Waals surface area contributed by atoms with E-state index >= 15 is 0 Å². The van der Waals surface area contributed by atoms with E-state index in [1.54, 1.807) is 0 Å². The zero-order chi connectivity index (χ0) is 33.0. The quantitative estimate of drug-likeness (QED) is 0.187. The van der Waals surface area contributed by atoms with Gasteiger partial charge in [-0.15, -0.1) is 0 Å². The summed E-state index contributed by atoms with van der Waals surface area (Å²) in [6, 6.07) is 55.8. The molecule has 0 spiro atoms. The average molecular weight is 642 g/mol. The molecule has 0 atom stereocenters. The van der Waals surface area contributed by atoms with Gasteiger partial charge >= 0.3 is 0 Å². The van der Waals surface area contributed by atoms with Crippen LogP contribution in [0.25, 0.3) is 100 Å². The van der Waals surface area contributed by atoms with Gasteiger partial charge in [-0.3, -0.25) is 0 Å². The molecule has 0 amide bonds. The van der Waals surface area contributed by atoms with Crippen molar-refractivity contribution in [1.82, 2.24) is 15.0 Å². The first kappa shape index (κ1) is 28.2. The maximum atomic E-state index is 6.19. The first-order chi connectivity index (χ1) is 24.8. The number of benzene rings is 7. The molecule has 0 radical (unpaired) electrons. The smallest absolute Gasteiger partial charge is 0.164 e. The highest BCUT2D eigenvalue weighted by molar-refractivity contribution is 6.13. The highest BCUT2D eigenvalue weighted by Gasteiger charge is 2.18. The van der Waals surface area contributed by atoms with Gasteiger partial charge in [0.1, 0.15) is 22.3 Å². The lowest BCUT2D eigenvalue weighted by molar-refractivity contribution is 0.668. The minimum atomic E-state index is 0.603. The Morgan fingerprint density at radius 3 is 1.30 bits per heavy atom. The third kappa shape index (κ3) is 4.67. The fourth-order valence-corrected chi connectivity index (χ4v) is 6.97. The first-order valence-electron chi connectivity index (χ1n) is 16.6. The second-order valence-electron chi connectivity index (χ2n) is 12.4. The molecule has 0 aliphatic rings. The molecule has 10 rings (SSSR count). The fourth-order valence-electron chi connectivity index (χ4n) is 6.97. The second-order valence-corrected chi connectivity index (χ2v) is 12.4. The van der Waals surface area contributed by atoms with Gasteiger partial charge in [0.05, 0.1) is 0 Å². The molecule has 5 heteroatoms. The summed E-state index contributed by atoms with van der Waals surface area (Å²) in [7, 11) is 0. The zero-order valence-corrected chi connectivity index (χ0v) is 26.7. The van der Waals surface area contributed by atoms with Crippen LogP contribution in [0.15, 0.2) is 173 Å². The summed E-state index contributed by atoms with van der Waals surface area (Å²) in [4.78, 5) is 15.0. The number of fused-ring (bicyclic) bond motifs is 6. The Morgan fingerprint density at radius 1 is 0.280 bits per heavy atom. The van der Waals surface area contributed by atoms with Gasteiger partial charge < -0.3 is 8.83 Å². The van der Waals surface area contributed by atoms with Crippen LogP contribution in [0.5, 0.6) is 0 Å². The molecule has 0 fully saturated rings. The molecule has 0 bridgehead atoms. The van der Waals surface area contributed by atoms with Crippen molar-refractivity contribution in [3.05, 3.63) is 164 Å². The van der Waals surface area contributed by atoms with Crippen molar-refractivity contribution in [3.8, 4) is 56.4 Å². The predicted octanol–water partition coefficient (Wildman–Crippen LogP) is 12.0. The molecule has 10 aromatic rings. The summed E-state index contributed by atoms with van der Waals surface area (Å²) in [5.74, 6) is 1.84. The normalized spacial score (nSPS) is 11.6. The van der Waals surface area contributed by atoms with Crippen LogP contribution in [0.4, 0.5) is 0 Å². The lowest BCUT2D eigenvalue weighted by atomic mass is 9.96. The van der Waals surface area contributed by atoms with Crippen LogP contribution in [-0.4, -0.2) is 15.0 Å². The first-order valence-corrected chi connectivity index (χ1v) is 16.6. The van der Waals surface area contributed by atoms with E-state index in [1.807, 2.05) is 78.9 Å². The number of hydrogen-bond donors (Lipinski definition) is 0. The highest BCUT2D eigenvalue weighted by Crippen LogP contribution is 2.38. The Labute approximate surface area is 287 Å². The summed E-state index contributed by atoms with van der Waals surface area (Å²) in [5.41, 5.74) is 10.7. The minimum Gasteiger partial charge on any atom is -0.456 e. The summed E-state index contributed by atoms with van der Waals surface area (Å²) in [6.45, 7) is 0. The highest BCUT2D eigenvalue weighted by atomic mass is 16.3. The number of rotatable bonds is 5. The molecule has 7 aromatic carbocycles. The molecule has 0 saturated carbocycles. The molecule has 0 saturated heterocycles. The van der Waals surface area contributed by atoms with Gasteiger partial charge in [-0.1, -0.05) is 140 Å². The number of aromatic nitrogens is 3. The Balaban J connectivity index is 1.03. The van der Waals surface area contributed by atoms with Crippen molar-refractivity contribution in [2.24, 2.45) is 0 Å². The zero-order valence-electron chi connectivity index (χ0n) is 26.7. The van der Waals surface area contributed by atoms with E-state index in [-0.39, 0.29) is 0 Å². The van der Waals surface area contributed by atoms with Crippen LogP contribution >= 0.6 is 0 Å². The van der Waals surface area contributed by atoms with Gasteiger partial charge in [-0.2, -0.15) is 0 Å². The van der Waals surface area contributed by atoms with Gasteiger partial charge in [0.2, 0.25) is 0 Å². The SMILES string of the molecule is c1ccc(-c2nc(-c3ccc(-c4ccc(-c5cccc6oc7ccccc7c56)cc4)cc3)nc(-c3cccc4oc5ccccc5c34)n2)cc1. The van der Waals surface area contributed by atoms with Gasteiger partial charge in [0.25, 0.3) is 0 Å². The molecule has 3 heterocycles. The Hall–Kier alpha value is -6.85. The van der Waals surface area contributed by atoms with Crippen molar-refractivity contribution in [1.29, 1.82) is 0 Å². The standard InChI is InChI=1S/C45H27N3O2/c1-2-10-31(11-3-1)43-46-44(48-45(47-43)36-15-9-19-40-42(36)35-13-5-7-17-38(35)50-40)32-26-22-29(23-27-32)28-20-24-30(25-21-28)33-14-8-18-39-41(33)34-12-4-6-16-37(34)49-39/h1-27H. The Morgan fingerprint density at radius 2 is 0.700 bits per heavy atom. The van der Waals surface area contributed by atoms with Crippen molar-refractivity contribution in [2.45, 2.75) is 0 Å². The van der Waals surface area contributed by atoms with Crippen LogP contribution in [0.2, 0.25) is 0 Å². The van der Waals surface area contributed by atoms with Gasteiger partial charge in [0.15, 0.2) is 17.5 Å². The maximum absolute atomic E-state index is 6.19. The van der Waals surface area contributed by atoms with Crippen molar-refractivity contribution in [2.75, 3.05) is 0 Å². The van der Waals surface area contributed by atoms with E-state index in [0.29, 0.717) is 17.5 Å². The Kier molecular flexibility index (Phi) is 6.42. The van der Waals surface area contributed by atoms with E-state index in [4.69, 9.17) is 23.8 Å². The van der Waals surface area contributed by atoms with E-state index in [0.717, 1.165) is 82.8 Å². The van der Waals surface area contributed by atoms with Crippen LogP contribution in [0.1, 0.15) is 0 Å². The minimum absolute atomic E-state index is 0.603. The van der Waals surface area contributed by atoms with Crippen molar-refractivity contribution < 1.29 is 8.83 Å². The lowest BCUT2D eigenvalue weighted by Gasteiger charge is -2.10. The van der Waals surface area contributed by atoms with Crippen LogP contribution < -0.4 is 0 Å². The molecule has 0 N–H and O–H groups in total. The second kappa shape index (κ2) is 11.4. The summed E-state index contributed by atoms with van der Waals surface area (Å²) >= 11 is 0. The number of para-hydroxylation sites is 2. The summed E-state index contributed by atoms with van der Waals surface area (Å²) < 4.78 is 12.3. The van der Waals surface area contributed by atoms with E-state index < -0.39 is 0 Å². The average Bonchev–Trinajstić information content (AvgIpc) is 3.77. The summed E-state index contributed by atoms with van der Waals surface area (Å²) in [6.07, 6.45) is 0. The molecule has 50 heavy (non-hydrogen) atoms. The topological polar surface area (TPSA) is 65.0 Å². The molecular weight excluding hydrogens is 615 g/mol. The molecule has 0 aliphatic carbocycles. The van der Waals surface area contributed by atoms with Crippen molar-refractivity contribution in [3.63, 3.8) is 0 Å². The predicted molar refractivity (Wildman–Crippen MR) is 202 cm³/mol. The van der Waals surface area contributed by atoms with Gasteiger partial charge in [-0.05, 0) is 46.5 Å². The number of hydrogen-bond acceptors (Lipinski definition) is 5. The third-order valence-corrected chi connectivity index (χ3v) is 9.39. The van der Waals surface area contributed by atoms with E-state index in [9.17, 15) is 0 Å². The lowest BCUT2D eigenvalue weighted by Crippen LogP contribution is -2.00. The number of furan rings is 2. The van der Waals surface area contributed by atoms with Gasteiger partial charge in [-0.25, -0.2) is 15.0 Å². The van der Waals surface area contributed by atoms with Crippen molar-refractivity contribution >= 4 is 43.9 Å². The molecule has 234 valence electrons. The molecule has 0 aliphatic heterocycles. The Bertz CT molecular complexity index is 2850. The van der Waals surface area contributed by atoms with Gasteiger partial charge in [0, 0.05) is 38.2 Å². The monoisotopic (exact) mass is 641 g/mol. The molecule has 0 unspecified atom stereocenters. The number of nitrogens with zero attached hydrogens (tertiary/aromatic N) is 3. The molecule has 5 nitrogen and oxygen atoms in total. The largest absolute Gasteiger partial charge is 0.456 e.